The van der Waals surface area contributed by atoms with Crippen LogP contribution in [-0.2, 0) is 6.54 Å². The fraction of sp³-hybridized carbons (Fsp3) is 0.400. The number of aryl methyl sites for hydroxylation is 1. The van der Waals surface area contributed by atoms with Gasteiger partial charge in [-0.1, -0.05) is 39.0 Å². The van der Waals surface area contributed by atoms with Crippen LogP contribution in [0.15, 0.2) is 29.1 Å². The zero-order chi connectivity index (χ0) is 14.9. The molecular weight excluding hydrogens is 256 g/mol. The largest absolute Gasteiger partial charge is 0.476 e. The fourth-order valence-corrected chi connectivity index (χ4v) is 1.99. The number of hydrogen-bond acceptors (Lipinski definition) is 3. The van der Waals surface area contributed by atoms with Gasteiger partial charge in [0.15, 0.2) is 5.69 Å². The molecule has 20 heavy (non-hydrogen) atoms. The first-order valence-electron chi connectivity index (χ1n) is 6.53. The van der Waals surface area contributed by atoms with Crippen LogP contribution >= 0.6 is 0 Å². The fourth-order valence-electron chi connectivity index (χ4n) is 1.99. The molecule has 0 aliphatic heterocycles. The van der Waals surface area contributed by atoms with Crippen molar-refractivity contribution in [2.45, 2.75) is 33.7 Å². The summed E-state index contributed by atoms with van der Waals surface area (Å²) in [6.45, 7) is 6.61. The number of carboxylic acids is 1. The number of carboxylic acid groups (broad SMARTS) is 1. The van der Waals surface area contributed by atoms with Gasteiger partial charge in [-0.2, -0.15) is 5.10 Å². The van der Waals surface area contributed by atoms with Crippen molar-refractivity contribution in [3.05, 3.63) is 40.3 Å². The van der Waals surface area contributed by atoms with Crippen molar-refractivity contribution in [1.82, 2.24) is 9.78 Å². The van der Waals surface area contributed by atoms with Crippen LogP contribution < -0.4 is 5.56 Å². The molecule has 1 N–H and O–H groups in total. The second-order valence-electron chi connectivity index (χ2n) is 6.04. The number of aromatic carboxylic acids is 1. The van der Waals surface area contributed by atoms with Crippen LogP contribution in [-0.4, -0.2) is 20.9 Å². The molecule has 0 aliphatic carbocycles. The van der Waals surface area contributed by atoms with E-state index in [-0.39, 0.29) is 16.7 Å². The molecule has 1 aromatic carbocycles. The number of hydrogen-bond donors (Lipinski definition) is 1. The Bertz CT molecular complexity index is 711. The van der Waals surface area contributed by atoms with E-state index in [0.717, 1.165) is 6.42 Å². The summed E-state index contributed by atoms with van der Waals surface area (Å²) in [5.41, 5.74) is -0.264. The van der Waals surface area contributed by atoms with E-state index in [0.29, 0.717) is 17.3 Å². The standard InChI is InChI=1S/C15H18N2O3/c1-15(2,3)8-9-17-13(18)11-7-5-4-6-10(11)12(16-17)14(19)20/h4-7H,8-9H2,1-3H3,(H,19,20). The molecule has 0 saturated heterocycles. The maximum Gasteiger partial charge on any atom is 0.357 e. The number of benzene rings is 1. The quantitative estimate of drug-likeness (QED) is 0.933. The number of nitrogens with zero attached hydrogens (tertiary/aromatic N) is 2. The highest BCUT2D eigenvalue weighted by Gasteiger charge is 2.17. The summed E-state index contributed by atoms with van der Waals surface area (Å²) < 4.78 is 1.26. The molecular formula is C15H18N2O3. The van der Waals surface area contributed by atoms with Crippen molar-refractivity contribution in [1.29, 1.82) is 0 Å². The lowest BCUT2D eigenvalue weighted by Gasteiger charge is -2.18. The predicted octanol–water partition coefficient (Wildman–Crippen LogP) is 2.53. The average Bonchev–Trinajstić information content (AvgIpc) is 2.37. The van der Waals surface area contributed by atoms with E-state index in [2.05, 4.69) is 25.9 Å². The molecule has 0 fully saturated rings. The van der Waals surface area contributed by atoms with Gasteiger partial charge in [0, 0.05) is 11.9 Å². The van der Waals surface area contributed by atoms with E-state index in [1.165, 1.54) is 4.68 Å². The maximum atomic E-state index is 12.3. The number of carbonyl (C=O) groups is 1. The van der Waals surface area contributed by atoms with E-state index in [9.17, 15) is 14.7 Å². The lowest BCUT2D eigenvalue weighted by atomic mass is 9.92. The third-order valence-corrected chi connectivity index (χ3v) is 3.14. The van der Waals surface area contributed by atoms with Crippen molar-refractivity contribution < 1.29 is 9.90 Å². The molecule has 0 bridgehead atoms. The van der Waals surface area contributed by atoms with Crippen LogP contribution in [0.3, 0.4) is 0 Å². The van der Waals surface area contributed by atoms with E-state index in [1.54, 1.807) is 24.3 Å². The topological polar surface area (TPSA) is 72.2 Å². The van der Waals surface area contributed by atoms with Gasteiger partial charge in [-0.25, -0.2) is 9.48 Å². The Balaban J connectivity index is 2.59. The minimum Gasteiger partial charge on any atom is -0.476 e. The summed E-state index contributed by atoms with van der Waals surface area (Å²) in [4.78, 5) is 23.6. The van der Waals surface area contributed by atoms with Crippen LogP contribution in [0.4, 0.5) is 0 Å². The zero-order valence-electron chi connectivity index (χ0n) is 11.9. The Labute approximate surface area is 116 Å². The molecule has 0 aliphatic rings. The predicted molar refractivity (Wildman–Crippen MR) is 77.0 cm³/mol. The Morgan fingerprint density at radius 2 is 1.85 bits per heavy atom. The minimum atomic E-state index is -1.12. The number of fused-ring (bicyclic) bond motifs is 1. The van der Waals surface area contributed by atoms with Gasteiger partial charge in [-0.3, -0.25) is 4.79 Å². The zero-order valence-corrected chi connectivity index (χ0v) is 11.9. The minimum absolute atomic E-state index is 0.0517. The van der Waals surface area contributed by atoms with Crippen molar-refractivity contribution in [3.63, 3.8) is 0 Å². The Hall–Kier alpha value is -2.17. The molecule has 0 spiro atoms. The first-order valence-corrected chi connectivity index (χ1v) is 6.53. The first kappa shape index (κ1) is 14.2. The molecule has 0 saturated carbocycles. The average molecular weight is 274 g/mol. The first-order chi connectivity index (χ1) is 9.29. The van der Waals surface area contributed by atoms with Gasteiger partial charge in [0.1, 0.15) is 0 Å². The van der Waals surface area contributed by atoms with Crippen molar-refractivity contribution in [2.75, 3.05) is 0 Å². The van der Waals surface area contributed by atoms with E-state index < -0.39 is 5.97 Å². The third kappa shape index (κ3) is 2.87. The summed E-state index contributed by atoms with van der Waals surface area (Å²) in [7, 11) is 0. The Morgan fingerprint density at radius 3 is 2.40 bits per heavy atom. The van der Waals surface area contributed by atoms with Crippen LogP contribution in [0, 0.1) is 5.41 Å². The molecule has 0 unspecified atom stereocenters. The summed E-state index contributed by atoms with van der Waals surface area (Å²) in [6.07, 6.45) is 0.747. The molecule has 2 aromatic rings. The van der Waals surface area contributed by atoms with Gasteiger partial charge in [0.05, 0.1) is 5.39 Å². The van der Waals surface area contributed by atoms with Gasteiger partial charge in [-0.15, -0.1) is 0 Å². The molecule has 5 heteroatoms. The second-order valence-corrected chi connectivity index (χ2v) is 6.04. The summed E-state index contributed by atoms with van der Waals surface area (Å²) in [5.74, 6) is -1.12. The van der Waals surface area contributed by atoms with Gasteiger partial charge in [0.2, 0.25) is 0 Å². The number of rotatable bonds is 3. The van der Waals surface area contributed by atoms with E-state index in [1.807, 2.05) is 0 Å². The van der Waals surface area contributed by atoms with Crippen LogP contribution in [0.1, 0.15) is 37.7 Å². The van der Waals surface area contributed by atoms with Crippen molar-refractivity contribution in [2.24, 2.45) is 5.41 Å². The molecule has 0 radical (unpaired) electrons. The third-order valence-electron chi connectivity index (χ3n) is 3.14. The summed E-state index contributed by atoms with van der Waals surface area (Å²) in [5, 5.41) is 14.0. The second kappa shape index (κ2) is 5.07. The van der Waals surface area contributed by atoms with Crippen molar-refractivity contribution in [3.8, 4) is 0 Å². The van der Waals surface area contributed by atoms with Gasteiger partial charge >= 0.3 is 5.97 Å². The molecule has 106 valence electrons. The lowest BCUT2D eigenvalue weighted by Crippen LogP contribution is -2.27. The highest BCUT2D eigenvalue weighted by Crippen LogP contribution is 2.19. The van der Waals surface area contributed by atoms with E-state index >= 15 is 0 Å². The van der Waals surface area contributed by atoms with Crippen LogP contribution in [0.2, 0.25) is 0 Å². The van der Waals surface area contributed by atoms with Gasteiger partial charge in [-0.05, 0) is 17.9 Å². The van der Waals surface area contributed by atoms with Crippen LogP contribution in [0.25, 0.3) is 10.8 Å². The smallest absolute Gasteiger partial charge is 0.357 e. The highest BCUT2D eigenvalue weighted by atomic mass is 16.4. The SMILES string of the molecule is CC(C)(C)CCn1nc(C(=O)O)c2ccccc2c1=O. The molecule has 5 nitrogen and oxygen atoms in total. The molecule has 0 amide bonds. The lowest BCUT2D eigenvalue weighted by molar-refractivity contribution is 0.0690. The van der Waals surface area contributed by atoms with Gasteiger partial charge in [0.25, 0.3) is 5.56 Å². The molecule has 1 heterocycles. The van der Waals surface area contributed by atoms with Gasteiger partial charge < -0.3 is 5.11 Å². The van der Waals surface area contributed by atoms with Crippen LogP contribution in [0.5, 0.6) is 0 Å². The highest BCUT2D eigenvalue weighted by molar-refractivity contribution is 6.01. The molecule has 0 atom stereocenters. The summed E-state index contributed by atoms with van der Waals surface area (Å²) in [6, 6.07) is 6.68. The van der Waals surface area contributed by atoms with Crippen molar-refractivity contribution >= 4 is 16.7 Å². The Morgan fingerprint density at radius 1 is 1.25 bits per heavy atom. The maximum absolute atomic E-state index is 12.3. The normalized spacial score (nSPS) is 11.8. The summed E-state index contributed by atoms with van der Waals surface area (Å²) >= 11 is 0. The van der Waals surface area contributed by atoms with E-state index in [4.69, 9.17) is 0 Å². The molecule has 1 aromatic heterocycles. The number of aromatic nitrogens is 2. The monoisotopic (exact) mass is 274 g/mol. The molecule has 2 rings (SSSR count). The Kier molecular flexibility index (Phi) is 3.61.